The molecule has 0 spiro atoms. The average molecular weight is 300 g/mol. The number of aryl methyl sites for hydroxylation is 1. The molecule has 2 rings (SSSR count). The van der Waals surface area contributed by atoms with Gasteiger partial charge in [0.15, 0.2) is 0 Å². The van der Waals surface area contributed by atoms with E-state index in [-0.39, 0.29) is 11.7 Å². The van der Waals surface area contributed by atoms with E-state index in [1.165, 1.54) is 12.1 Å². The van der Waals surface area contributed by atoms with E-state index in [1.807, 2.05) is 37.3 Å². The molecule has 0 saturated carbocycles. The van der Waals surface area contributed by atoms with Gasteiger partial charge in [-0.25, -0.2) is 4.39 Å². The molecule has 0 saturated heterocycles. The number of nitrogens with one attached hydrogen (secondary N) is 1. The van der Waals surface area contributed by atoms with Gasteiger partial charge >= 0.3 is 0 Å². The summed E-state index contributed by atoms with van der Waals surface area (Å²) in [7, 11) is 0. The minimum Gasteiger partial charge on any atom is -0.354 e. The van der Waals surface area contributed by atoms with Gasteiger partial charge in [0.1, 0.15) is 5.82 Å². The molecule has 0 aliphatic heterocycles. The van der Waals surface area contributed by atoms with Crippen LogP contribution in [0.4, 0.5) is 4.39 Å². The molecule has 0 aliphatic carbocycles. The Hall–Kier alpha value is -2.20. The first-order chi connectivity index (χ1) is 10.6. The van der Waals surface area contributed by atoms with Crippen LogP contribution in [-0.2, 0) is 17.6 Å². The lowest BCUT2D eigenvalue weighted by Crippen LogP contribution is -2.42. The summed E-state index contributed by atoms with van der Waals surface area (Å²) in [5, 5.41) is 2.84. The van der Waals surface area contributed by atoms with Crippen LogP contribution in [0.3, 0.4) is 0 Å². The molecule has 0 aliphatic rings. The summed E-state index contributed by atoms with van der Waals surface area (Å²) in [5.41, 5.74) is 8.88. The van der Waals surface area contributed by atoms with Gasteiger partial charge in [0.05, 0.1) is 6.04 Å². The molecule has 0 fully saturated rings. The van der Waals surface area contributed by atoms with E-state index in [2.05, 4.69) is 5.32 Å². The second-order valence-corrected chi connectivity index (χ2v) is 5.41. The summed E-state index contributed by atoms with van der Waals surface area (Å²) in [6.07, 6.45) is 1.18. The maximum Gasteiger partial charge on any atom is 0.237 e. The number of hydrogen-bond acceptors (Lipinski definition) is 2. The summed E-state index contributed by atoms with van der Waals surface area (Å²) in [6.45, 7) is 2.36. The number of carbonyl (C=O) groups excluding carboxylic acids is 1. The van der Waals surface area contributed by atoms with Crippen molar-refractivity contribution in [2.75, 3.05) is 6.54 Å². The van der Waals surface area contributed by atoms with Crippen molar-refractivity contribution >= 4 is 5.91 Å². The van der Waals surface area contributed by atoms with Crippen LogP contribution >= 0.6 is 0 Å². The minimum atomic E-state index is -0.559. The molecule has 2 aromatic carbocycles. The lowest BCUT2D eigenvalue weighted by molar-refractivity contribution is -0.122. The van der Waals surface area contributed by atoms with Gasteiger partial charge in [-0.05, 0) is 48.6 Å². The predicted octanol–water partition coefficient (Wildman–Crippen LogP) is 2.36. The topological polar surface area (TPSA) is 55.1 Å². The Morgan fingerprint density at radius 3 is 2.64 bits per heavy atom. The maximum absolute atomic E-state index is 13.0. The van der Waals surface area contributed by atoms with Crippen molar-refractivity contribution in [2.45, 2.75) is 25.8 Å². The summed E-state index contributed by atoms with van der Waals surface area (Å²) in [4.78, 5) is 12.0. The van der Waals surface area contributed by atoms with E-state index < -0.39 is 6.04 Å². The van der Waals surface area contributed by atoms with Crippen LogP contribution in [0.2, 0.25) is 0 Å². The van der Waals surface area contributed by atoms with Gasteiger partial charge in [-0.3, -0.25) is 4.79 Å². The molecular formula is C18H21FN2O. The van der Waals surface area contributed by atoms with Crippen LogP contribution in [0.25, 0.3) is 0 Å². The van der Waals surface area contributed by atoms with Crippen molar-refractivity contribution in [3.8, 4) is 0 Å². The number of halogens is 1. The largest absolute Gasteiger partial charge is 0.354 e. The van der Waals surface area contributed by atoms with Gasteiger partial charge in [0.25, 0.3) is 0 Å². The summed E-state index contributed by atoms with van der Waals surface area (Å²) >= 11 is 0. The first kappa shape index (κ1) is 16.2. The van der Waals surface area contributed by atoms with E-state index in [1.54, 1.807) is 6.07 Å². The molecule has 116 valence electrons. The molecule has 3 nitrogen and oxygen atoms in total. The third-order valence-electron chi connectivity index (χ3n) is 3.63. The van der Waals surface area contributed by atoms with Gasteiger partial charge in [-0.1, -0.05) is 36.4 Å². The fourth-order valence-corrected chi connectivity index (χ4v) is 2.35. The van der Waals surface area contributed by atoms with Crippen LogP contribution in [0.15, 0.2) is 48.5 Å². The number of rotatable bonds is 6. The third kappa shape index (κ3) is 4.67. The quantitative estimate of drug-likeness (QED) is 0.860. The lowest BCUT2D eigenvalue weighted by Gasteiger charge is -2.13. The zero-order chi connectivity index (χ0) is 15.9. The molecule has 3 N–H and O–H groups in total. The van der Waals surface area contributed by atoms with Gasteiger partial charge < -0.3 is 11.1 Å². The van der Waals surface area contributed by atoms with Crippen LogP contribution in [0.1, 0.15) is 16.7 Å². The number of benzene rings is 2. The standard InChI is InChI=1S/C18H21FN2O/c1-13-11-16(19)8-7-15(13)9-10-21-18(22)17(20)12-14-5-3-2-4-6-14/h2-8,11,17H,9-10,12,20H2,1H3,(H,21,22)/t17-/m0/s1. The number of hydrogen-bond donors (Lipinski definition) is 2. The molecular weight excluding hydrogens is 279 g/mol. The fourth-order valence-electron chi connectivity index (χ4n) is 2.35. The van der Waals surface area contributed by atoms with E-state index >= 15 is 0 Å². The highest BCUT2D eigenvalue weighted by Gasteiger charge is 2.13. The van der Waals surface area contributed by atoms with Crippen molar-refractivity contribution in [1.29, 1.82) is 0 Å². The lowest BCUT2D eigenvalue weighted by atomic mass is 10.0. The Morgan fingerprint density at radius 2 is 1.95 bits per heavy atom. The highest BCUT2D eigenvalue weighted by molar-refractivity contribution is 5.81. The Morgan fingerprint density at radius 1 is 1.23 bits per heavy atom. The zero-order valence-electron chi connectivity index (χ0n) is 12.7. The van der Waals surface area contributed by atoms with Crippen molar-refractivity contribution in [3.05, 3.63) is 71.0 Å². The molecule has 0 radical (unpaired) electrons. The monoisotopic (exact) mass is 300 g/mol. The van der Waals surface area contributed by atoms with Crippen LogP contribution in [0.5, 0.6) is 0 Å². The summed E-state index contributed by atoms with van der Waals surface area (Å²) < 4.78 is 13.0. The van der Waals surface area contributed by atoms with E-state index in [0.29, 0.717) is 19.4 Å². The second-order valence-electron chi connectivity index (χ2n) is 5.41. The van der Waals surface area contributed by atoms with Crippen molar-refractivity contribution in [3.63, 3.8) is 0 Å². The Balaban J connectivity index is 1.80. The number of carbonyl (C=O) groups is 1. The highest BCUT2D eigenvalue weighted by Crippen LogP contribution is 2.10. The molecule has 0 unspecified atom stereocenters. The van der Waals surface area contributed by atoms with Crippen molar-refractivity contribution in [2.24, 2.45) is 5.73 Å². The second kappa shape index (κ2) is 7.71. The Bertz CT molecular complexity index is 628. The molecule has 2 aromatic rings. The molecule has 1 amide bonds. The predicted molar refractivity (Wildman–Crippen MR) is 86.0 cm³/mol. The van der Waals surface area contributed by atoms with E-state index in [4.69, 9.17) is 5.73 Å². The van der Waals surface area contributed by atoms with E-state index in [9.17, 15) is 9.18 Å². The van der Waals surface area contributed by atoms with E-state index in [0.717, 1.165) is 16.7 Å². The summed E-state index contributed by atoms with van der Waals surface area (Å²) in [5.74, 6) is -0.404. The Kier molecular flexibility index (Phi) is 5.67. The number of amides is 1. The maximum atomic E-state index is 13.0. The average Bonchev–Trinajstić information content (AvgIpc) is 2.50. The zero-order valence-corrected chi connectivity index (χ0v) is 12.7. The first-order valence-electron chi connectivity index (χ1n) is 7.38. The third-order valence-corrected chi connectivity index (χ3v) is 3.63. The van der Waals surface area contributed by atoms with Crippen LogP contribution < -0.4 is 11.1 Å². The molecule has 1 atom stereocenters. The Labute approximate surface area is 130 Å². The molecule has 0 aromatic heterocycles. The molecule has 4 heteroatoms. The first-order valence-corrected chi connectivity index (χ1v) is 7.38. The van der Waals surface area contributed by atoms with Crippen molar-refractivity contribution in [1.82, 2.24) is 5.32 Å². The van der Waals surface area contributed by atoms with Gasteiger partial charge in [0.2, 0.25) is 5.91 Å². The van der Waals surface area contributed by atoms with Crippen LogP contribution in [-0.4, -0.2) is 18.5 Å². The smallest absolute Gasteiger partial charge is 0.237 e. The summed E-state index contributed by atoms with van der Waals surface area (Å²) in [6, 6.07) is 13.8. The van der Waals surface area contributed by atoms with Gasteiger partial charge in [-0.15, -0.1) is 0 Å². The van der Waals surface area contributed by atoms with Gasteiger partial charge in [-0.2, -0.15) is 0 Å². The molecule has 22 heavy (non-hydrogen) atoms. The minimum absolute atomic E-state index is 0.163. The molecule has 0 bridgehead atoms. The number of nitrogens with two attached hydrogens (primary N) is 1. The molecule has 0 heterocycles. The van der Waals surface area contributed by atoms with Crippen molar-refractivity contribution < 1.29 is 9.18 Å². The van der Waals surface area contributed by atoms with Gasteiger partial charge in [0, 0.05) is 6.54 Å². The highest BCUT2D eigenvalue weighted by atomic mass is 19.1. The fraction of sp³-hybridized carbons (Fsp3) is 0.278. The van der Waals surface area contributed by atoms with Crippen LogP contribution in [0, 0.1) is 12.7 Å². The SMILES string of the molecule is Cc1cc(F)ccc1CCNC(=O)[C@@H](N)Cc1ccccc1. The normalized spacial score (nSPS) is 12.0.